The smallest absolute Gasteiger partial charge is 0.253 e. The summed E-state index contributed by atoms with van der Waals surface area (Å²) in [4.78, 5) is 13.0. The van der Waals surface area contributed by atoms with Crippen molar-refractivity contribution in [2.24, 2.45) is 0 Å². The van der Waals surface area contributed by atoms with Crippen molar-refractivity contribution in [1.29, 1.82) is 0 Å². The van der Waals surface area contributed by atoms with E-state index in [1.54, 1.807) is 0 Å². The normalized spacial score (nSPS) is 16.4. The Bertz CT molecular complexity index is 968. The van der Waals surface area contributed by atoms with Gasteiger partial charge in [-0.15, -0.1) is 0 Å². The van der Waals surface area contributed by atoms with Gasteiger partial charge in [-0.3, -0.25) is 4.79 Å². The quantitative estimate of drug-likeness (QED) is 0.716. The summed E-state index contributed by atoms with van der Waals surface area (Å²) in [5, 5.41) is 3.22. The van der Waals surface area contributed by atoms with Crippen LogP contribution < -0.4 is 5.32 Å². The highest BCUT2D eigenvalue weighted by Gasteiger charge is 2.27. The molecule has 1 amide bonds. The van der Waals surface area contributed by atoms with E-state index in [0.29, 0.717) is 19.5 Å². The molecule has 0 aromatic heterocycles. The Balaban J connectivity index is 1.85. The number of carbonyl (C=O) groups is 1. The molecule has 0 unspecified atom stereocenters. The molecule has 3 rings (SSSR count). The van der Waals surface area contributed by atoms with Crippen LogP contribution in [0.4, 0.5) is 0 Å². The fourth-order valence-electron chi connectivity index (χ4n) is 3.55. The zero-order valence-electron chi connectivity index (χ0n) is 16.8. The third kappa shape index (κ3) is 5.00. The van der Waals surface area contributed by atoms with Gasteiger partial charge in [0.25, 0.3) is 5.91 Å². The maximum absolute atomic E-state index is 13.0. The number of halogens is 1. The van der Waals surface area contributed by atoms with Crippen molar-refractivity contribution in [3.05, 3.63) is 64.2 Å². The Morgan fingerprint density at radius 3 is 2.38 bits per heavy atom. The van der Waals surface area contributed by atoms with E-state index in [-0.39, 0.29) is 27.4 Å². The number of nitrogens with zero attached hydrogens (tertiary/aromatic N) is 1. The number of nitrogens with one attached hydrogen (secondary N) is 1. The fraction of sp³-hybridized carbons (Fsp3) is 0.409. The Kier molecular flexibility index (Phi) is 6.98. The van der Waals surface area contributed by atoms with Gasteiger partial charge < -0.3 is 5.32 Å². The first-order valence-electron chi connectivity index (χ1n) is 10.00. The standard InChI is InChI=1S/C22H27ClN2O3S/c1-3-21(17-9-7-16(2)8-10-17)24-22(26)19-15-18(11-12-20(19)23)29(27,28)25-13-5-4-6-14-25/h7-12,15,21H,3-6,13-14H2,1-2H3,(H,24,26)/t21-/m1/s1. The highest BCUT2D eigenvalue weighted by atomic mass is 35.5. The Labute approximate surface area is 178 Å². The van der Waals surface area contributed by atoms with Gasteiger partial charge in [-0.2, -0.15) is 4.31 Å². The van der Waals surface area contributed by atoms with Crippen molar-refractivity contribution in [2.75, 3.05) is 13.1 Å². The van der Waals surface area contributed by atoms with Crippen LogP contribution in [0.25, 0.3) is 0 Å². The summed E-state index contributed by atoms with van der Waals surface area (Å²) in [6.45, 7) is 5.02. The topological polar surface area (TPSA) is 66.5 Å². The van der Waals surface area contributed by atoms with Crippen molar-refractivity contribution in [3.8, 4) is 0 Å². The second-order valence-corrected chi connectivity index (χ2v) is 9.80. The zero-order valence-corrected chi connectivity index (χ0v) is 18.4. The maximum atomic E-state index is 13.0. The largest absolute Gasteiger partial charge is 0.345 e. The van der Waals surface area contributed by atoms with Crippen molar-refractivity contribution >= 4 is 27.5 Å². The molecule has 5 nitrogen and oxygen atoms in total. The van der Waals surface area contributed by atoms with Gasteiger partial charge in [0.1, 0.15) is 0 Å². The second kappa shape index (κ2) is 9.28. The molecule has 29 heavy (non-hydrogen) atoms. The number of hydrogen-bond acceptors (Lipinski definition) is 3. The molecule has 1 heterocycles. The predicted octanol–water partition coefficient (Wildman–Crippen LogP) is 4.70. The van der Waals surface area contributed by atoms with Crippen LogP contribution in [0.2, 0.25) is 5.02 Å². The Hall–Kier alpha value is -1.89. The molecular formula is C22H27ClN2O3S. The van der Waals surface area contributed by atoms with E-state index < -0.39 is 10.0 Å². The third-order valence-electron chi connectivity index (χ3n) is 5.33. The summed E-state index contributed by atoms with van der Waals surface area (Å²) < 4.78 is 27.4. The average Bonchev–Trinajstić information content (AvgIpc) is 2.73. The number of benzene rings is 2. The summed E-state index contributed by atoms with van der Waals surface area (Å²) in [6, 6.07) is 12.2. The first-order valence-corrected chi connectivity index (χ1v) is 11.8. The minimum Gasteiger partial charge on any atom is -0.345 e. The van der Waals surface area contributed by atoms with Gasteiger partial charge in [0.15, 0.2) is 0 Å². The molecule has 1 saturated heterocycles. The molecule has 1 N–H and O–H groups in total. The molecule has 7 heteroatoms. The highest BCUT2D eigenvalue weighted by Crippen LogP contribution is 2.26. The number of rotatable bonds is 6. The van der Waals surface area contributed by atoms with E-state index in [9.17, 15) is 13.2 Å². The molecule has 0 aliphatic carbocycles. The second-order valence-electron chi connectivity index (χ2n) is 7.45. The zero-order chi connectivity index (χ0) is 21.0. The minimum atomic E-state index is -3.63. The number of piperidine rings is 1. The van der Waals surface area contributed by atoms with Crippen molar-refractivity contribution in [1.82, 2.24) is 9.62 Å². The van der Waals surface area contributed by atoms with Crippen LogP contribution in [-0.2, 0) is 10.0 Å². The lowest BCUT2D eigenvalue weighted by Gasteiger charge is -2.26. The van der Waals surface area contributed by atoms with Crippen LogP contribution in [0, 0.1) is 6.92 Å². The summed E-state index contributed by atoms with van der Waals surface area (Å²) in [5.41, 5.74) is 2.32. The number of carbonyl (C=O) groups excluding carboxylic acids is 1. The maximum Gasteiger partial charge on any atom is 0.253 e. The van der Waals surface area contributed by atoms with Gasteiger partial charge in [-0.05, 0) is 49.9 Å². The monoisotopic (exact) mass is 434 g/mol. The number of sulfonamides is 1. The molecule has 1 atom stereocenters. The molecule has 0 bridgehead atoms. The van der Waals surface area contributed by atoms with E-state index >= 15 is 0 Å². The molecule has 0 saturated carbocycles. The van der Waals surface area contributed by atoms with E-state index in [1.807, 2.05) is 38.1 Å². The van der Waals surface area contributed by atoms with Crippen LogP contribution in [0.15, 0.2) is 47.4 Å². The van der Waals surface area contributed by atoms with Crippen LogP contribution in [-0.4, -0.2) is 31.7 Å². The van der Waals surface area contributed by atoms with Crippen molar-refractivity contribution in [3.63, 3.8) is 0 Å². The lowest BCUT2D eigenvalue weighted by Crippen LogP contribution is -2.35. The third-order valence-corrected chi connectivity index (χ3v) is 7.55. The molecule has 2 aromatic carbocycles. The lowest BCUT2D eigenvalue weighted by atomic mass is 10.0. The minimum absolute atomic E-state index is 0.109. The van der Waals surface area contributed by atoms with Crippen LogP contribution in [0.5, 0.6) is 0 Å². The summed E-state index contributed by atoms with van der Waals surface area (Å²) in [5.74, 6) is -0.377. The number of hydrogen-bond donors (Lipinski definition) is 1. The molecule has 2 aromatic rings. The molecule has 0 radical (unpaired) electrons. The molecule has 0 spiro atoms. The van der Waals surface area contributed by atoms with Gasteiger partial charge in [0.05, 0.1) is 21.5 Å². The number of amides is 1. The summed E-state index contributed by atoms with van der Waals surface area (Å²) in [6.07, 6.45) is 3.46. The number of aryl methyl sites for hydroxylation is 1. The van der Waals surface area contributed by atoms with Gasteiger partial charge in [-0.1, -0.05) is 54.8 Å². The van der Waals surface area contributed by atoms with Gasteiger partial charge in [0, 0.05) is 13.1 Å². The molecule has 156 valence electrons. The first kappa shape index (κ1) is 21.8. The molecular weight excluding hydrogens is 408 g/mol. The summed E-state index contributed by atoms with van der Waals surface area (Å²) >= 11 is 6.25. The lowest BCUT2D eigenvalue weighted by molar-refractivity contribution is 0.0935. The van der Waals surface area contributed by atoms with E-state index in [4.69, 9.17) is 11.6 Å². The van der Waals surface area contributed by atoms with Gasteiger partial charge in [-0.25, -0.2) is 8.42 Å². The van der Waals surface area contributed by atoms with Crippen molar-refractivity contribution < 1.29 is 13.2 Å². The first-order chi connectivity index (χ1) is 13.8. The SMILES string of the molecule is CC[C@@H](NC(=O)c1cc(S(=O)(=O)N2CCCCC2)ccc1Cl)c1ccc(C)cc1. The average molecular weight is 435 g/mol. The van der Waals surface area contributed by atoms with Crippen LogP contribution in [0.1, 0.15) is 60.1 Å². The van der Waals surface area contributed by atoms with E-state index in [0.717, 1.165) is 30.4 Å². The van der Waals surface area contributed by atoms with E-state index in [1.165, 1.54) is 22.5 Å². The molecule has 1 aliphatic rings. The van der Waals surface area contributed by atoms with Gasteiger partial charge >= 0.3 is 0 Å². The molecule has 1 fully saturated rings. The Morgan fingerprint density at radius 2 is 1.76 bits per heavy atom. The van der Waals surface area contributed by atoms with Crippen LogP contribution >= 0.6 is 11.6 Å². The van der Waals surface area contributed by atoms with Gasteiger partial charge in [0.2, 0.25) is 10.0 Å². The highest BCUT2D eigenvalue weighted by molar-refractivity contribution is 7.89. The van der Waals surface area contributed by atoms with E-state index in [2.05, 4.69) is 5.32 Å². The fourth-order valence-corrected chi connectivity index (χ4v) is 5.30. The predicted molar refractivity (Wildman–Crippen MR) is 116 cm³/mol. The van der Waals surface area contributed by atoms with Crippen LogP contribution in [0.3, 0.4) is 0 Å². The molecule has 1 aliphatic heterocycles. The Morgan fingerprint density at radius 1 is 1.10 bits per heavy atom. The summed E-state index contributed by atoms with van der Waals surface area (Å²) in [7, 11) is -3.63. The van der Waals surface area contributed by atoms with Crippen molar-refractivity contribution in [2.45, 2.75) is 50.5 Å².